The SMILES string of the molecule is CCOc1cc(C=Nc2ccccc2C)cc(Cl)c1OCc1ccc(F)cc1. The summed E-state index contributed by atoms with van der Waals surface area (Å²) in [5.41, 5.74) is 3.64. The van der Waals surface area contributed by atoms with Crippen molar-refractivity contribution in [3.63, 3.8) is 0 Å². The van der Waals surface area contributed by atoms with Gasteiger partial charge < -0.3 is 9.47 Å². The Kier molecular flexibility index (Phi) is 6.66. The van der Waals surface area contributed by atoms with Gasteiger partial charge in [-0.1, -0.05) is 41.9 Å². The second kappa shape index (κ2) is 9.38. The summed E-state index contributed by atoms with van der Waals surface area (Å²) in [5, 5.41) is 0.430. The summed E-state index contributed by atoms with van der Waals surface area (Å²) in [4.78, 5) is 4.53. The first-order valence-electron chi connectivity index (χ1n) is 9.00. The number of aryl methyl sites for hydroxylation is 1. The van der Waals surface area contributed by atoms with E-state index >= 15 is 0 Å². The Morgan fingerprint density at radius 2 is 1.79 bits per heavy atom. The number of nitrogens with zero attached hydrogens (tertiary/aromatic N) is 1. The number of ether oxygens (including phenoxy) is 2. The van der Waals surface area contributed by atoms with E-state index in [2.05, 4.69) is 4.99 Å². The van der Waals surface area contributed by atoms with Gasteiger partial charge in [0.25, 0.3) is 0 Å². The molecule has 0 amide bonds. The summed E-state index contributed by atoms with van der Waals surface area (Å²) in [6.45, 7) is 4.64. The molecule has 3 aromatic carbocycles. The van der Waals surface area contributed by atoms with E-state index < -0.39 is 0 Å². The third-order valence-corrected chi connectivity index (χ3v) is 4.38. The number of hydrogen-bond donors (Lipinski definition) is 0. The lowest BCUT2D eigenvalue weighted by Gasteiger charge is -2.14. The van der Waals surface area contributed by atoms with Crippen LogP contribution in [0.15, 0.2) is 65.7 Å². The zero-order valence-electron chi connectivity index (χ0n) is 15.8. The highest BCUT2D eigenvalue weighted by Gasteiger charge is 2.12. The summed E-state index contributed by atoms with van der Waals surface area (Å²) in [6, 6.07) is 17.7. The van der Waals surface area contributed by atoms with Crippen molar-refractivity contribution in [2.75, 3.05) is 6.61 Å². The quantitative estimate of drug-likeness (QED) is 0.425. The molecule has 0 aliphatic rings. The van der Waals surface area contributed by atoms with Crippen LogP contribution in [0, 0.1) is 12.7 Å². The summed E-state index contributed by atoms with van der Waals surface area (Å²) in [7, 11) is 0. The normalized spacial score (nSPS) is 11.0. The predicted molar refractivity (Wildman–Crippen MR) is 112 cm³/mol. The van der Waals surface area contributed by atoms with Crippen LogP contribution in [0.3, 0.4) is 0 Å². The fraction of sp³-hybridized carbons (Fsp3) is 0.174. The number of hydrogen-bond acceptors (Lipinski definition) is 3. The minimum absolute atomic E-state index is 0.261. The number of para-hydroxylation sites is 1. The van der Waals surface area contributed by atoms with Crippen LogP contribution in [0.5, 0.6) is 11.5 Å². The lowest BCUT2D eigenvalue weighted by atomic mass is 10.2. The summed E-state index contributed by atoms with van der Waals surface area (Å²) in [5.74, 6) is 0.721. The Morgan fingerprint density at radius 3 is 2.50 bits per heavy atom. The minimum Gasteiger partial charge on any atom is -0.490 e. The number of halogens is 2. The molecule has 3 aromatic rings. The largest absolute Gasteiger partial charge is 0.490 e. The van der Waals surface area contributed by atoms with E-state index in [0.29, 0.717) is 23.1 Å². The van der Waals surface area contributed by atoms with Crippen LogP contribution in [-0.4, -0.2) is 12.8 Å². The van der Waals surface area contributed by atoms with Crippen molar-refractivity contribution < 1.29 is 13.9 Å². The monoisotopic (exact) mass is 397 g/mol. The van der Waals surface area contributed by atoms with Gasteiger partial charge in [0, 0.05) is 6.21 Å². The van der Waals surface area contributed by atoms with Gasteiger partial charge in [0.1, 0.15) is 12.4 Å². The molecular weight excluding hydrogens is 377 g/mol. The molecule has 0 saturated carbocycles. The Hall–Kier alpha value is -2.85. The zero-order chi connectivity index (χ0) is 19.9. The van der Waals surface area contributed by atoms with E-state index in [1.54, 1.807) is 24.4 Å². The molecule has 0 aliphatic heterocycles. The number of rotatable bonds is 7. The Balaban J connectivity index is 1.83. The molecule has 0 radical (unpaired) electrons. The van der Waals surface area contributed by atoms with Gasteiger partial charge in [0.2, 0.25) is 0 Å². The van der Waals surface area contributed by atoms with Crippen LogP contribution in [0.2, 0.25) is 5.02 Å². The number of benzene rings is 3. The van der Waals surface area contributed by atoms with E-state index in [9.17, 15) is 4.39 Å². The molecule has 0 atom stereocenters. The third kappa shape index (κ3) is 5.11. The van der Waals surface area contributed by atoms with Crippen molar-refractivity contribution in [1.29, 1.82) is 0 Å². The predicted octanol–water partition coefficient (Wildman–Crippen LogP) is 6.52. The second-order valence-electron chi connectivity index (χ2n) is 6.22. The molecule has 0 bridgehead atoms. The fourth-order valence-corrected chi connectivity index (χ4v) is 2.93. The topological polar surface area (TPSA) is 30.8 Å². The molecule has 0 heterocycles. The van der Waals surface area contributed by atoms with Gasteiger partial charge >= 0.3 is 0 Å². The van der Waals surface area contributed by atoms with E-state index in [0.717, 1.165) is 22.4 Å². The van der Waals surface area contributed by atoms with Gasteiger partial charge in [-0.2, -0.15) is 0 Å². The first kappa shape index (κ1) is 19.9. The van der Waals surface area contributed by atoms with Crippen LogP contribution in [-0.2, 0) is 6.61 Å². The average molecular weight is 398 g/mol. The molecule has 0 fully saturated rings. The second-order valence-corrected chi connectivity index (χ2v) is 6.63. The molecule has 28 heavy (non-hydrogen) atoms. The van der Waals surface area contributed by atoms with Crippen molar-refractivity contribution >= 4 is 23.5 Å². The van der Waals surface area contributed by atoms with Crippen LogP contribution < -0.4 is 9.47 Å². The standard InChI is InChI=1S/C23H21ClFNO2/c1-3-27-22-13-18(14-26-21-7-5-4-6-16(21)2)12-20(24)23(22)28-15-17-8-10-19(25)11-9-17/h4-14H,3,15H2,1-2H3. The molecule has 0 aromatic heterocycles. The molecule has 144 valence electrons. The van der Waals surface area contributed by atoms with Crippen molar-refractivity contribution in [2.24, 2.45) is 4.99 Å². The van der Waals surface area contributed by atoms with E-state index in [1.165, 1.54) is 12.1 Å². The van der Waals surface area contributed by atoms with Crippen LogP contribution in [0.25, 0.3) is 0 Å². The van der Waals surface area contributed by atoms with Gasteiger partial charge in [0.15, 0.2) is 11.5 Å². The van der Waals surface area contributed by atoms with Gasteiger partial charge in [-0.25, -0.2) is 4.39 Å². The van der Waals surface area contributed by atoms with Gasteiger partial charge in [-0.05, 0) is 60.9 Å². The fourth-order valence-electron chi connectivity index (χ4n) is 2.65. The smallest absolute Gasteiger partial charge is 0.180 e. The molecule has 3 nitrogen and oxygen atoms in total. The first-order chi connectivity index (χ1) is 13.6. The van der Waals surface area contributed by atoms with Gasteiger partial charge in [-0.3, -0.25) is 4.99 Å². The van der Waals surface area contributed by atoms with Crippen LogP contribution >= 0.6 is 11.6 Å². The molecule has 0 unspecified atom stereocenters. The molecule has 0 saturated heterocycles. The Labute approximate surface area is 169 Å². The molecule has 0 aliphatic carbocycles. The summed E-state index contributed by atoms with van der Waals surface area (Å²) in [6.07, 6.45) is 1.75. The molecule has 5 heteroatoms. The summed E-state index contributed by atoms with van der Waals surface area (Å²) < 4.78 is 24.6. The lowest BCUT2D eigenvalue weighted by molar-refractivity contribution is 0.269. The highest BCUT2D eigenvalue weighted by molar-refractivity contribution is 6.32. The molecular formula is C23H21ClFNO2. The molecule has 0 spiro atoms. The van der Waals surface area contributed by atoms with Crippen molar-refractivity contribution in [1.82, 2.24) is 0 Å². The molecule has 3 rings (SSSR count). The zero-order valence-corrected chi connectivity index (χ0v) is 16.5. The van der Waals surface area contributed by atoms with Crippen molar-refractivity contribution in [3.8, 4) is 11.5 Å². The summed E-state index contributed by atoms with van der Waals surface area (Å²) >= 11 is 6.45. The van der Waals surface area contributed by atoms with Crippen molar-refractivity contribution in [2.45, 2.75) is 20.5 Å². The first-order valence-corrected chi connectivity index (χ1v) is 9.38. The Bertz CT molecular complexity index is 971. The van der Waals surface area contributed by atoms with Crippen LogP contribution in [0.1, 0.15) is 23.6 Å². The van der Waals surface area contributed by atoms with Gasteiger partial charge in [-0.15, -0.1) is 0 Å². The third-order valence-electron chi connectivity index (χ3n) is 4.10. The van der Waals surface area contributed by atoms with E-state index in [4.69, 9.17) is 21.1 Å². The lowest BCUT2D eigenvalue weighted by Crippen LogP contribution is -2.01. The van der Waals surface area contributed by atoms with E-state index in [-0.39, 0.29) is 12.4 Å². The maximum Gasteiger partial charge on any atom is 0.180 e. The maximum absolute atomic E-state index is 13.0. The minimum atomic E-state index is -0.283. The maximum atomic E-state index is 13.0. The average Bonchev–Trinajstić information content (AvgIpc) is 2.68. The van der Waals surface area contributed by atoms with Crippen LogP contribution in [0.4, 0.5) is 10.1 Å². The highest BCUT2D eigenvalue weighted by atomic mass is 35.5. The Morgan fingerprint density at radius 1 is 1.04 bits per heavy atom. The molecule has 0 N–H and O–H groups in total. The van der Waals surface area contributed by atoms with E-state index in [1.807, 2.05) is 44.2 Å². The highest BCUT2D eigenvalue weighted by Crippen LogP contribution is 2.37. The van der Waals surface area contributed by atoms with Gasteiger partial charge in [0.05, 0.1) is 17.3 Å². The van der Waals surface area contributed by atoms with Crippen molar-refractivity contribution in [3.05, 3.63) is 88.2 Å². The number of aliphatic imine (C=N–C) groups is 1.